The Labute approximate surface area is 183 Å². The molecule has 2 aliphatic heterocycles. The van der Waals surface area contributed by atoms with Crippen LogP contribution in [0.2, 0.25) is 0 Å². The van der Waals surface area contributed by atoms with Crippen molar-refractivity contribution in [1.82, 2.24) is 20.1 Å². The van der Waals surface area contributed by atoms with Crippen LogP contribution in [-0.2, 0) is 6.54 Å². The molecular weight excluding hydrogens is 411 g/mol. The highest BCUT2D eigenvalue weighted by molar-refractivity contribution is 6.01. The first-order valence-corrected chi connectivity index (χ1v) is 10.3. The number of nitrogens with one attached hydrogen (secondary N) is 1. The van der Waals surface area contributed by atoms with Crippen molar-refractivity contribution in [3.05, 3.63) is 59.2 Å². The van der Waals surface area contributed by atoms with Gasteiger partial charge in [0.25, 0.3) is 5.91 Å². The first-order chi connectivity index (χ1) is 15.3. The molecule has 0 bridgehead atoms. The van der Waals surface area contributed by atoms with E-state index in [-0.39, 0.29) is 29.3 Å². The summed E-state index contributed by atoms with van der Waals surface area (Å²) in [7, 11) is 0. The lowest BCUT2D eigenvalue weighted by atomic mass is 9.99. The Balaban J connectivity index is 1.66. The van der Waals surface area contributed by atoms with Gasteiger partial charge in [-0.05, 0) is 38.5 Å². The lowest BCUT2D eigenvalue weighted by Crippen LogP contribution is -2.45. The average molecular weight is 432 g/mol. The highest BCUT2D eigenvalue weighted by Crippen LogP contribution is 2.35. The average Bonchev–Trinajstić information content (AvgIpc) is 3.46. The fourth-order valence-electron chi connectivity index (χ4n) is 4.47. The number of aliphatic hydroxyl groups is 1. The third-order valence-electron chi connectivity index (χ3n) is 6.34. The number of fused-ring (bicyclic) bond motifs is 1. The van der Waals surface area contributed by atoms with Crippen molar-refractivity contribution in [3.8, 4) is 23.0 Å². The maximum absolute atomic E-state index is 14.7. The van der Waals surface area contributed by atoms with Gasteiger partial charge in [0.05, 0.1) is 58.0 Å². The molecular formula is C23H21FN6O2. The third-order valence-corrected chi connectivity index (χ3v) is 6.34. The van der Waals surface area contributed by atoms with Gasteiger partial charge in [0.15, 0.2) is 5.82 Å². The highest BCUT2D eigenvalue weighted by Gasteiger charge is 2.41. The molecule has 1 aromatic carbocycles. The Hall–Kier alpha value is -3.77. The predicted octanol–water partition coefficient (Wildman–Crippen LogP) is 2.54. The molecule has 0 aliphatic carbocycles. The highest BCUT2D eigenvalue weighted by atomic mass is 19.1. The van der Waals surface area contributed by atoms with Crippen molar-refractivity contribution in [2.45, 2.75) is 38.5 Å². The zero-order valence-corrected chi connectivity index (χ0v) is 17.6. The molecule has 4 heterocycles. The third kappa shape index (κ3) is 2.95. The van der Waals surface area contributed by atoms with Crippen LogP contribution in [0, 0.1) is 17.1 Å². The van der Waals surface area contributed by atoms with E-state index in [1.165, 1.54) is 18.2 Å². The van der Waals surface area contributed by atoms with Crippen molar-refractivity contribution in [2.24, 2.45) is 0 Å². The number of nitrogens with zero attached hydrogens (tertiary/aromatic N) is 5. The van der Waals surface area contributed by atoms with Crippen molar-refractivity contribution in [3.63, 3.8) is 0 Å². The standard InChI is InChI=1S/C23H21FN6O2/c1-23(2)18(31)6-8-29(23)19-7-9-30(28-19)17-10-15(27-16-12-26-22(32)21(16)17)20-13(11-25)4-3-5-14(20)24/h3-5,7,9-10,18,31H,6,8,12H2,1-2H3,(H,26,32). The molecule has 5 rings (SSSR count). The number of carbonyl (C=O) groups excluding carboxylic acids is 1. The maximum Gasteiger partial charge on any atom is 0.255 e. The maximum atomic E-state index is 14.7. The van der Waals surface area contributed by atoms with E-state index < -0.39 is 17.5 Å². The van der Waals surface area contributed by atoms with E-state index in [0.29, 0.717) is 35.7 Å². The molecule has 0 saturated carbocycles. The van der Waals surface area contributed by atoms with Crippen LogP contribution in [0.1, 0.15) is 41.9 Å². The Bertz CT molecular complexity index is 1290. The van der Waals surface area contributed by atoms with Gasteiger partial charge in [-0.15, -0.1) is 0 Å². The number of anilines is 1. The van der Waals surface area contributed by atoms with Crippen LogP contribution in [0.25, 0.3) is 16.9 Å². The summed E-state index contributed by atoms with van der Waals surface area (Å²) < 4.78 is 16.3. The minimum Gasteiger partial charge on any atom is -0.391 e. The van der Waals surface area contributed by atoms with E-state index in [9.17, 15) is 19.6 Å². The number of rotatable bonds is 3. The number of aliphatic hydroxyl groups excluding tert-OH is 1. The van der Waals surface area contributed by atoms with Crippen LogP contribution >= 0.6 is 0 Å². The SMILES string of the molecule is CC1(C)C(O)CCN1c1ccn(-c2cc(-c3c(F)cccc3C#N)nc3c2C(=O)NC3)n1. The second-order valence-electron chi connectivity index (χ2n) is 8.53. The van der Waals surface area contributed by atoms with Crippen molar-refractivity contribution < 1.29 is 14.3 Å². The zero-order valence-electron chi connectivity index (χ0n) is 17.6. The van der Waals surface area contributed by atoms with Gasteiger partial charge in [0.2, 0.25) is 0 Å². The first-order valence-electron chi connectivity index (χ1n) is 10.3. The van der Waals surface area contributed by atoms with E-state index in [1.54, 1.807) is 16.9 Å². The molecule has 1 amide bonds. The van der Waals surface area contributed by atoms with Crippen LogP contribution in [0.5, 0.6) is 0 Å². The lowest BCUT2D eigenvalue weighted by molar-refractivity contribution is 0.0965. The molecule has 2 aliphatic rings. The summed E-state index contributed by atoms with van der Waals surface area (Å²) >= 11 is 0. The Morgan fingerprint density at radius 3 is 2.84 bits per heavy atom. The smallest absolute Gasteiger partial charge is 0.255 e. The number of halogens is 1. The largest absolute Gasteiger partial charge is 0.391 e. The number of nitriles is 1. The Morgan fingerprint density at radius 1 is 1.31 bits per heavy atom. The first kappa shape index (κ1) is 20.2. The summed E-state index contributed by atoms with van der Waals surface area (Å²) in [5.41, 5.74) is 1.35. The normalized spacial score (nSPS) is 19.0. The van der Waals surface area contributed by atoms with E-state index >= 15 is 0 Å². The molecule has 0 spiro atoms. The molecule has 1 atom stereocenters. The lowest BCUT2D eigenvalue weighted by Gasteiger charge is -2.33. The minimum atomic E-state index is -0.561. The van der Waals surface area contributed by atoms with E-state index in [1.807, 2.05) is 30.9 Å². The summed E-state index contributed by atoms with van der Waals surface area (Å²) in [5, 5.41) is 27.2. The fourth-order valence-corrected chi connectivity index (χ4v) is 4.47. The summed E-state index contributed by atoms with van der Waals surface area (Å²) in [6, 6.07) is 9.70. The van der Waals surface area contributed by atoms with Gasteiger partial charge < -0.3 is 15.3 Å². The number of pyridine rings is 1. The summed E-state index contributed by atoms with van der Waals surface area (Å²) in [6.45, 7) is 4.79. The fraction of sp³-hybridized carbons (Fsp3) is 0.304. The molecule has 1 saturated heterocycles. The van der Waals surface area contributed by atoms with Crippen molar-refractivity contribution in [1.29, 1.82) is 5.26 Å². The van der Waals surface area contributed by atoms with Crippen LogP contribution in [-0.4, -0.2) is 44.0 Å². The summed E-state index contributed by atoms with van der Waals surface area (Å²) in [6.07, 6.45) is 1.90. The van der Waals surface area contributed by atoms with Crippen molar-refractivity contribution in [2.75, 3.05) is 11.4 Å². The number of benzene rings is 1. The number of hydrogen-bond donors (Lipinski definition) is 2. The van der Waals surface area contributed by atoms with Crippen LogP contribution < -0.4 is 10.2 Å². The molecule has 2 N–H and O–H groups in total. The van der Waals surface area contributed by atoms with E-state index in [2.05, 4.69) is 15.4 Å². The number of hydrogen-bond acceptors (Lipinski definition) is 6. The quantitative estimate of drug-likeness (QED) is 0.659. The van der Waals surface area contributed by atoms with Crippen LogP contribution in [0.15, 0.2) is 36.5 Å². The van der Waals surface area contributed by atoms with Gasteiger partial charge in [-0.1, -0.05) is 6.07 Å². The minimum absolute atomic E-state index is 0.0922. The van der Waals surface area contributed by atoms with Gasteiger partial charge in [-0.25, -0.2) is 14.1 Å². The molecule has 32 heavy (non-hydrogen) atoms. The monoisotopic (exact) mass is 432 g/mol. The predicted molar refractivity (Wildman–Crippen MR) is 115 cm³/mol. The number of carbonyl (C=O) groups is 1. The topological polar surface area (TPSA) is 107 Å². The van der Waals surface area contributed by atoms with Gasteiger partial charge in [0.1, 0.15) is 5.82 Å². The molecule has 3 aromatic rings. The molecule has 0 radical (unpaired) electrons. The molecule has 9 heteroatoms. The second kappa shape index (κ2) is 7.14. The van der Waals surface area contributed by atoms with Gasteiger partial charge in [-0.2, -0.15) is 10.4 Å². The molecule has 1 fully saturated rings. The van der Waals surface area contributed by atoms with E-state index in [0.717, 1.165) is 0 Å². The Kier molecular flexibility index (Phi) is 4.50. The molecule has 1 unspecified atom stereocenters. The zero-order chi connectivity index (χ0) is 22.6. The van der Waals surface area contributed by atoms with E-state index in [4.69, 9.17) is 0 Å². The summed E-state index contributed by atoms with van der Waals surface area (Å²) in [5.74, 6) is -0.175. The Morgan fingerprint density at radius 2 is 2.12 bits per heavy atom. The van der Waals surface area contributed by atoms with Crippen LogP contribution in [0.4, 0.5) is 10.2 Å². The summed E-state index contributed by atoms with van der Waals surface area (Å²) in [4.78, 5) is 19.1. The molecule has 8 nitrogen and oxygen atoms in total. The van der Waals surface area contributed by atoms with Crippen molar-refractivity contribution >= 4 is 11.7 Å². The van der Waals surface area contributed by atoms with Gasteiger partial charge in [-0.3, -0.25) is 4.79 Å². The molecule has 162 valence electrons. The van der Waals surface area contributed by atoms with Gasteiger partial charge in [0, 0.05) is 18.8 Å². The molecule has 2 aromatic heterocycles. The number of aromatic nitrogens is 3. The number of amides is 1. The van der Waals surface area contributed by atoms with Crippen LogP contribution in [0.3, 0.4) is 0 Å². The second-order valence-corrected chi connectivity index (χ2v) is 8.53. The van der Waals surface area contributed by atoms with Gasteiger partial charge >= 0.3 is 0 Å².